The third-order valence-corrected chi connectivity index (χ3v) is 7.19. The summed E-state index contributed by atoms with van der Waals surface area (Å²) in [6.07, 6.45) is -0.141. The van der Waals surface area contributed by atoms with Crippen LogP contribution in [0.1, 0.15) is 63.4 Å². The summed E-state index contributed by atoms with van der Waals surface area (Å²) < 4.78 is 6.06. The molecule has 8 heteroatoms. The third-order valence-electron chi connectivity index (χ3n) is 6.62. The van der Waals surface area contributed by atoms with Crippen LogP contribution in [0.15, 0.2) is 66.7 Å². The van der Waals surface area contributed by atoms with E-state index in [1.165, 1.54) is 11.6 Å². The summed E-state index contributed by atoms with van der Waals surface area (Å²) in [4.78, 5) is 38.4. The molecule has 0 aliphatic rings. The Balaban J connectivity index is 1.65. The smallest absolute Gasteiger partial charge is 0.265 e. The van der Waals surface area contributed by atoms with Gasteiger partial charge in [0.25, 0.3) is 5.91 Å². The Bertz CT molecular complexity index is 1340. The molecule has 2 N–H and O–H groups in total. The number of carbonyl (C=O) groups excluding carboxylic acids is 3. The highest BCUT2D eigenvalue weighted by atomic mass is 35.5. The molecule has 0 bridgehead atoms. The first-order valence-corrected chi connectivity index (χ1v) is 13.6. The van der Waals surface area contributed by atoms with E-state index in [4.69, 9.17) is 27.9 Å². The van der Waals surface area contributed by atoms with Gasteiger partial charge in [0.05, 0.1) is 17.1 Å². The summed E-state index contributed by atoms with van der Waals surface area (Å²) in [5, 5.41) is 6.16. The Morgan fingerprint density at radius 1 is 0.923 bits per heavy atom. The van der Waals surface area contributed by atoms with Crippen molar-refractivity contribution in [2.75, 3.05) is 10.6 Å². The topological polar surface area (TPSA) is 84.5 Å². The second kappa shape index (κ2) is 13.1. The number of halogens is 2. The molecule has 1 atom stereocenters. The summed E-state index contributed by atoms with van der Waals surface area (Å²) in [5.74, 6) is -0.771. The largest absolute Gasteiger partial charge is 0.480 e. The highest BCUT2D eigenvalue weighted by molar-refractivity contribution is 6.35. The Morgan fingerprint density at radius 2 is 1.62 bits per heavy atom. The van der Waals surface area contributed by atoms with Crippen LogP contribution >= 0.6 is 23.2 Å². The van der Waals surface area contributed by atoms with Crippen molar-refractivity contribution < 1.29 is 19.1 Å². The van der Waals surface area contributed by atoms with E-state index >= 15 is 0 Å². The van der Waals surface area contributed by atoms with E-state index in [1.54, 1.807) is 36.4 Å². The van der Waals surface area contributed by atoms with Crippen molar-refractivity contribution in [3.8, 4) is 5.75 Å². The standard InChI is InChI=1S/C31H34Cl2N2O4/c1-6-31(4,5)21-10-13-24(14-11-21)39-29(19(2)3)30(38)34-23-9-7-8-20(16-23)27(36)18-28(37)35-26-17-22(32)12-15-25(26)33/h7-17,19,29H,6,18H2,1-5H3,(H,34,38)(H,35,37)/t29-/m1/s1. The minimum atomic E-state index is -0.748. The van der Waals surface area contributed by atoms with Crippen LogP contribution in [0.3, 0.4) is 0 Å². The molecule has 2 amide bonds. The third kappa shape index (κ3) is 8.32. The molecular weight excluding hydrogens is 535 g/mol. The van der Waals surface area contributed by atoms with Gasteiger partial charge in [-0.1, -0.05) is 82.1 Å². The number of rotatable bonds is 11. The number of nitrogens with one attached hydrogen (secondary N) is 2. The summed E-state index contributed by atoms with van der Waals surface area (Å²) >= 11 is 12.0. The van der Waals surface area contributed by atoms with Gasteiger partial charge < -0.3 is 15.4 Å². The molecule has 0 aliphatic heterocycles. The van der Waals surface area contributed by atoms with Gasteiger partial charge in [-0.25, -0.2) is 0 Å². The van der Waals surface area contributed by atoms with Crippen molar-refractivity contribution in [1.82, 2.24) is 0 Å². The number of benzene rings is 3. The molecule has 0 radical (unpaired) electrons. The number of carbonyl (C=O) groups is 3. The normalized spacial score (nSPS) is 12.1. The fourth-order valence-electron chi connectivity index (χ4n) is 3.85. The lowest BCUT2D eigenvalue weighted by Crippen LogP contribution is -2.37. The number of amides is 2. The van der Waals surface area contributed by atoms with E-state index in [-0.39, 0.29) is 22.8 Å². The average molecular weight is 570 g/mol. The maximum absolute atomic E-state index is 13.1. The first-order valence-electron chi connectivity index (χ1n) is 12.9. The Morgan fingerprint density at radius 3 is 2.26 bits per heavy atom. The summed E-state index contributed by atoms with van der Waals surface area (Å²) in [6.45, 7) is 10.3. The molecule has 0 aliphatic carbocycles. The zero-order chi connectivity index (χ0) is 28.7. The van der Waals surface area contributed by atoms with E-state index in [0.717, 1.165) is 6.42 Å². The van der Waals surface area contributed by atoms with Crippen molar-refractivity contribution >= 4 is 52.2 Å². The van der Waals surface area contributed by atoms with Gasteiger partial charge in [0.15, 0.2) is 11.9 Å². The monoisotopic (exact) mass is 568 g/mol. The van der Waals surface area contributed by atoms with Gasteiger partial charge in [-0.2, -0.15) is 0 Å². The zero-order valence-corrected chi connectivity index (χ0v) is 24.3. The molecule has 0 fully saturated rings. The number of ketones is 1. The molecule has 6 nitrogen and oxygen atoms in total. The van der Waals surface area contributed by atoms with E-state index < -0.39 is 24.2 Å². The van der Waals surface area contributed by atoms with Gasteiger partial charge in [-0.15, -0.1) is 0 Å². The van der Waals surface area contributed by atoms with Crippen molar-refractivity contribution in [3.05, 3.63) is 87.9 Å². The van der Waals surface area contributed by atoms with E-state index in [9.17, 15) is 14.4 Å². The molecule has 0 saturated heterocycles. The first kappa shape index (κ1) is 30.2. The van der Waals surface area contributed by atoms with Gasteiger partial charge in [0.1, 0.15) is 5.75 Å². The number of anilines is 2. The lowest BCUT2D eigenvalue weighted by atomic mass is 9.82. The van der Waals surface area contributed by atoms with E-state index in [1.807, 2.05) is 38.1 Å². The van der Waals surface area contributed by atoms with Crippen molar-refractivity contribution in [2.24, 2.45) is 5.92 Å². The highest BCUT2D eigenvalue weighted by Gasteiger charge is 2.25. The second-order valence-corrected chi connectivity index (χ2v) is 11.2. The van der Waals surface area contributed by atoms with Crippen LogP contribution in [0.4, 0.5) is 11.4 Å². The van der Waals surface area contributed by atoms with Crippen LogP contribution in [0.25, 0.3) is 0 Å². The highest BCUT2D eigenvalue weighted by Crippen LogP contribution is 2.29. The van der Waals surface area contributed by atoms with Gasteiger partial charge in [0.2, 0.25) is 5.91 Å². The second-order valence-electron chi connectivity index (χ2n) is 10.4. The van der Waals surface area contributed by atoms with Gasteiger partial charge in [0, 0.05) is 16.3 Å². The minimum Gasteiger partial charge on any atom is -0.480 e. The maximum atomic E-state index is 13.1. The number of hydrogen-bond acceptors (Lipinski definition) is 4. The minimum absolute atomic E-state index is 0.0544. The Kier molecular flexibility index (Phi) is 10.2. The summed E-state index contributed by atoms with van der Waals surface area (Å²) in [5.41, 5.74) is 2.30. The molecule has 206 valence electrons. The zero-order valence-electron chi connectivity index (χ0n) is 22.8. The van der Waals surface area contributed by atoms with Gasteiger partial charge in [-0.3, -0.25) is 14.4 Å². The average Bonchev–Trinajstić information content (AvgIpc) is 2.89. The van der Waals surface area contributed by atoms with Crippen molar-refractivity contribution in [2.45, 2.75) is 59.0 Å². The van der Waals surface area contributed by atoms with Crippen molar-refractivity contribution in [3.63, 3.8) is 0 Å². The molecule has 39 heavy (non-hydrogen) atoms. The molecule has 3 aromatic carbocycles. The molecule has 0 saturated carbocycles. The molecule has 0 spiro atoms. The lowest BCUT2D eigenvalue weighted by molar-refractivity contribution is -0.124. The van der Waals surface area contributed by atoms with E-state index in [0.29, 0.717) is 27.2 Å². The Labute approximate surface area is 240 Å². The van der Waals surface area contributed by atoms with E-state index in [2.05, 4.69) is 31.4 Å². The summed E-state index contributed by atoms with van der Waals surface area (Å²) in [7, 11) is 0. The maximum Gasteiger partial charge on any atom is 0.265 e. The van der Waals surface area contributed by atoms with Crippen molar-refractivity contribution in [1.29, 1.82) is 0 Å². The number of ether oxygens (including phenoxy) is 1. The molecular formula is C31H34Cl2N2O4. The van der Waals surface area contributed by atoms with Crippen LogP contribution in [0.2, 0.25) is 10.0 Å². The number of hydrogen-bond donors (Lipinski definition) is 2. The SMILES string of the molecule is CCC(C)(C)c1ccc(O[C@@H](C(=O)Nc2cccc(C(=O)CC(=O)Nc3cc(Cl)ccc3Cl)c2)C(C)C)cc1. The summed E-state index contributed by atoms with van der Waals surface area (Å²) in [6, 6.07) is 19.0. The van der Waals surface area contributed by atoms with Gasteiger partial charge >= 0.3 is 0 Å². The van der Waals surface area contributed by atoms with Crippen LogP contribution in [0, 0.1) is 5.92 Å². The van der Waals surface area contributed by atoms with Crippen LogP contribution in [-0.2, 0) is 15.0 Å². The van der Waals surface area contributed by atoms with Crippen LogP contribution in [-0.4, -0.2) is 23.7 Å². The van der Waals surface area contributed by atoms with Gasteiger partial charge in [-0.05, 0) is 65.8 Å². The molecule has 3 rings (SSSR count). The fraction of sp³-hybridized carbons (Fsp3) is 0.323. The molecule has 3 aromatic rings. The fourth-order valence-corrected chi connectivity index (χ4v) is 4.18. The quantitative estimate of drug-likeness (QED) is 0.181. The van der Waals surface area contributed by atoms with Crippen LogP contribution < -0.4 is 15.4 Å². The predicted molar refractivity (Wildman–Crippen MR) is 158 cm³/mol. The van der Waals surface area contributed by atoms with Crippen LogP contribution in [0.5, 0.6) is 5.75 Å². The first-order chi connectivity index (χ1) is 18.4. The lowest BCUT2D eigenvalue weighted by Gasteiger charge is -2.25. The molecule has 0 heterocycles. The number of Topliss-reactive ketones (excluding diaryl/α,β-unsaturated/α-hetero) is 1. The predicted octanol–water partition coefficient (Wildman–Crippen LogP) is 7.93. The molecule has 0 aromatic heterocycles. The Hall–Kier alpha value is -3.35. The molecule has 0 unspecified atom stereocenters.